The van der Waals surface area contributed by atoms with Gasteiger partial charge in [-0.15, -0.1) is 0 Å². The highest BCUT2D eigenvalue weighted by Crippen LogP contribution is 2.00. The number of hydrogen-bond donors (Lipinski definition) is 3. The van der Waals surface area contributed by atoms with Gasteiger partial charge in [0.1, 0.15) is 0 Å². The lowest BCUT2D eigenvalue weighted by molar-refractivity contribution is -0.135. The Morgan fingerprint density at radius 2 is 1.75 bits per heavy atom. The molecule has 0 fully saturated rings. The molecule has 0 aromatic rings. The number of amides is 1. The molecule has 1 amide bonds. The van der Waals surface area contributed by atoms with Gasteiger partial charge >= 0.3 is 11.9 Å². The zero-order valence-corrected chi connectivity index (χ0v) is 5.98. The average Bonchev–Trinajstić information content (AvgIpc) is 1.83. The first-order valence-electron chi connectivity index (χ1n) is 2.88. The summed E-state index contributed by atoms with van der Waals surface area (Å²) in [4.78, 5) is 30.5. The van der Waals surface area contributed by atoms with E-state index < -0.39 is 29.8 Å². The fraction of sp³-hybridized carbons (Fsp3) is 0.167. The maximum atomic E-state index is 10.2. The average molecular weight is 173 g/mol. The van der Waals surface area contributed by atoms with E-state index in [9.17, 15) is 14.4 Å². The molecule has 0 aliphatic carbocycles. The molecule has 0 unspecified atom stereocenters. The van der Waals surface area contributed by atoms with E-state index in [1.807, 2.05) is 0 Å². The first-order chi connectivity index (χ1) is 5.43. The first-order valence-corrected chi connectivity index (χ1v) is 2.88. The van der Waals surface area contributed by atoms with Gasteiger partial charge in [-0.2, -0.15) is 0 Å². The predicted octanol–water partition coefficient (Wildman–Crippen LogP) is -1.04. The van der Waals surface area contributed by atoms with Crippen molar-refractivity contribution in [1.29, 1.82) is 0 Å². The van der Waals surface area contributed by atoms with Crippen molar-refractivity contribution in [3.05, 3.63) is 11.6 Å². The quantitative estimate of drug-likeness (QED) is 0.469. The molecular weight excluding hydrogens is 166 g/mol. The highest BCUT2D eigenvalue weighted by molar-refractivity contribution is 5.98. The number of rotatable bonds is 4. The van der Waals surface area contributed by atoms with E-state index in [2.05, 4.69) is 5.73 Å². The molecule has 0 bridgehead atoms. The lowest BCUT2D eigenvalue weighted by Gasteiger charge is -1.95. The van der Waals surface area contributed by atoms with Gasteiger partial charge in [0.15, 0.2) is 0 Å². The van der Waals surface area contributed by atoms with E-state index in [1.54, 1.807) is 0 Å². The second-order valence-electron chi connectivity index (χ2n) is 1.96. The molecular formula is C6H7NO5. The summed E-state index contributed by atoms with van der Waals surface area (Å²) >= 11 is 0. The van der Waals surface area contributed by atoms with Crippen LogP contribution in [0.25, 0.3) is 0 Å². The topological polar surface area (TPSA) is 118 Å². The Bertz CT molecular complexity index is 255. The van der Waals surface area contributed by atoms with Crippen LogP contribution in [0.1, 0.15) is 6.42 Å². The van der Waals surface area contributed by atoms with Gasteiger partial charge in [-0.25, -0.2) is 9.59 Å². The zero-order chi connectivity index (χ0) is 9.72. The van der Waals surface area contributed by atoms with Crippen molar-refractivity contribution in [1.82, 2.24) is 0 Å². The van der Waals surface area contributed by atoms with Gasteiger partial charge in [0.2, 0.25) is 5.91 Å². The summed E-state index contributed by atoms with van der Waals surface area (Å²) in [7, 11) is 0. The van der Waals surface area contributed by atoms with E-state index in [-0.39, 0.29) is 0 Å². The van der Waals surface area contributed by atoms with Crippen LogP contribution in [0.3, 0.4) is 0 Å². The van der Waals surface area contributed by atoms with Crippen molar-refractivity contribution >= 4 is 17.8 Å². The maximum absolute atomic E-state index is 10.2. The SMILES string of the molecule is NC(=O)CC(=CC(=O)O)C(=O)O. The largest absolute Gasteiger partial charge is 0.478 e. The molecule has 0 aliphatic rings. The van der Waals surface area contributed by atoms with Crippen LogP contribution in [0.2, 0.25) is 0 Å². The fourth-order valence-electron chi connectivity index (χ4n) is 0.525. The van der Waals surface area contributed by atoms with E-state index >= 15 is 0 Å². The minimum absolute atomic E-state index is 0.438. The Balaban J connectivity index is 4.55. The number of carboxylic acid groups (broad SMARTS) is 2. The van der Waals surface area contributed by atoms with Gasteiger partial charge in [0, 0.05) is 6.08 Å². The van der Waals surface area contributed by atoms with Crippen molar-refractivity contribution in [3.8, 4) is 0 Å². The lowest BCUT2D eigenvalue weighted by atomic mass is 10.2. The Labute approximate surface area is 67.3 Å². The third kappa shape index (κ3) is 4.04. The van der Waals surface area contributed by atoms with E-state index in [0.29, 0.717) is 6.08 Å². The molecule has 4 N–H and O–H groups in total. The molecule has 0 aromatic carbocycles. The second-order valence-corrected chi connectivity index (χ2v) is 1.96. The number of carboxylic acids is 2. The molecule has 6 nitrogen and oxygen atoms in total. The van der Waals surface area contributed by atoms with Crippen LogP contribution < -0.4 is 5.73 Å². The number of nitrogens with two attached hydrogens (primary N) is 1. The van der Waals surface area contributed by atoms with Crippen LogP contribution in [-0.2, 0) is 14.4 Å². The molecule has 0 rings (SSSR count). The third-order valence-electron chi connectivity index (χ3n) is 0.937. The Hall–Kier alpha value is -1.85. The fourth-order valence-corrected chi connectivity index (χ4v) is 0.525. The van der Waals surface area contributed by atoms with Crippen molar-refractivity contribution in [2.75, 3.05) is 0 Å². The summed E-state index contributed by atoms with van der Waals surface area (Å²) in [6, 6.07) is 0. The van der Waals surface area contributed by atoms with Crippen molar-refractivity contribution in [3.63, 3.8) is 0 Å². The molecule has 0 heterocycles. The van der Waals surface area contributed by atoms with Crippen molar-refractivity contribution in [2.45, 2.75) is 6.42 Å². The Morgan fingerprint density at radius 3 is 2.00 bits per heavy atom. The molecule has 0 radical (unpaired) electrons. The molecule has 0 saturated carbocycles. The van der Waals surface area contributed by atoms with Crippen molar-refractivity contribution in [2.24, 2.45) is 5.73 Å². The summed E-state index contributed by atoms with van der Waals surface area (Å²) < 4.78 is 0. The normalized spacial score (nSPS) is 10.8. The monoisotopic (exact) mass is 173 g/mol. The summed E-state index contributed by atoms with van der Waals surface area (Å²) in [5, 5.41) is 16.5. The molecule has 66 valence electrons. The molecule has 12 heavy (non-hydrogen) atoms. The van der Waals surface area contributed by atoms with Crippen LogP contribution in [0.4, 0.5) is 0 Å². The number of primary amides is 1. The van der Waals surface area contributed by atoms with Crippen LogP contribution >= 0.6 is 0 Å². The predicted molar refractivity (Wildman–Crippen MR) is 37.2 cm³/mol. The number of hydrogen-bond acceptors (Lipinski definition) is 3. The van der Waals surface area contributed by atoms with E-state index in [1.165, 1.54) is 0 Å². The number of aliphatic carboxylic acids is 2. The highest BCUT2D eigenvalue weighted by Gasteiger charge is 2.11. The molecule has 0 aliphatic heterocycles. The summed E-state index contributed by atoms with van der Waals surface area (Å²) in [6.45, 7) is 0. The Kier molecular flexibility index (Phi) is 3.48. The summed E-state index contributed by atoms with van der Waals surface area (Å²) in [6.07, 6.45) is -0.144. The second kappa shape index (κ2) is 4.12. The minimum atomic E-state index is -1.46. The van der Waals surface area contributed by atoms with E-state index in [4.69, 9.17) is 10.2 Å². The maximum Gasteiger partial charge on any atom is 0.332 e. The van der Waals surface area contributed by atoms with Crippen LogP contribution in [0, 0.1) is 0 Å². The summed E-state index contributed by atoms with van der Waals surface area (Å²) in [5.41, 5.74) is 4.14. The van der Waals surface area contributed by atoms with E-state index in [0.717, 1.165) is 0 Å². The Morgan fingerprint density at radius 1 is 1.25 bits per heavy atom. The van der Waals surface area contributed by atoms with Gasteiger partial charge in [-0.3, -0.25) is 4.79 Å². The van der Waals surface area contributed by atoms with Gasteiger partial charge < -0.3 is 15.9 Å². The number of carbonyl (C=O) groups excluding carboxylic acids is 1. The minimum Gasteiger partial charge on any atom is -0.478 e. The standard InChI is InChI=1S/C6H7NO5/c7-4(8)1-3(6(11)12)2-5(9)10/h2H,1H2,(H2,7,8)(H,9,10)(H,11,12). The first kappa shape index (κ1) is 10.2. The molecule has 0 atom stereocenters. The zero-order valence-electron chi connectivity index (χ0n) is 5.98. The van der Waals surface area contributed by atoms with Gasteiger partial charge in [0.05, 0.1) is 12.0 Å². The summed E-state index contributed by atoms with van der Waals surface area (Å²) in [5.74, 6) is -3.77. The van der Waals surface area contributed by atoms with Crippen molar-refractivity contribution < 1.29 is 24.6 Å². The van der Waals surface area contributed by atoms with Gasteiger partial charge in [-0.05, 0) is 0 Å². The third-order valence-corrected chi connectivity index (χ3v) is 0.937. The van der Waals surface area contributed by atoms with Crippen LogP contribution in [0.15, 0.2) is 11.6 Å². The molecule has 0 spiro atoms. The van der Waals surface area contributed by atoms with Crippen LogP contribution in [0.5, 0.6) is 0 Å². The molecule has 0 saturated heterocycles. The smallest absolute Gasteiger partial charge is 0.332 e. The van der Waals surface area contributed by atoms with Crippen LogP contribution in [-0.4, -0.2) is 28.1 Å². The van der Waals surface area contributed by atoms with Gasteiger partial charge in [-0.1, -0.05) is 0 Å². The molecule has 6 heteroatoms. The highest BCUT2D eigenvalue weighted by atomic mass is 16.4. The molecule has 0 aromatic heterocycles. The lowest BCUT2D eigenvalue weighted by Crippen LogP contribution is -2.15. The van der Waals surface area contributed by atoms with Gasteiger partial charge in [0.25, 0.3) is 0 Å². The number of carbonyl (C=O) groups is 3.